The summed E-state index contributed by atoms with van der Waals surface area (Å²) in [5, 5.41) is 17.6. The van der Waals surface area contributed by atoms with Gasteiger partial charge in [0.15, 0.2) is 0 Å². The highest BCUT2D eigenvalue weighted by molar-refractivity contribution is 6.00. The highest BCUT2D eigenvalue weighted by atomic mass is 16.5. The Morgan fingerprint density at radius 3 is 2.48 bits per heavy atom. The minimum absolute atomic E-state index is 0.0457. The molecule has 1 atom stereocenters. The van der Waals surface area contributed by atoms with Gasteiger partial charge in [-0.3, -0.25) is 0 Å². The van der Waals surface area contributed by atoms with Crippen LogP contribution in [-0.2, 0) is 14.3 Å². The van der Waals surface area contributed by atoms with Crippen LogP contribution in [0.5, 0.6) is 0 Å². The Morgan fingerprint density at radius 2 is 1.89 bits per heavy atom. The molecule has 1 aliphatic heterocycles. The summed E-state index contributed by atoms with van der Waals surface area (Å²) in [4.78, 5) is 24.8. The lowest BCUT2D eigenvalue weighted by atomic mass is 9.78. The molecule has 0 radical (unpaired) electrons. The molecule has 1 aliphatic rings. The average Bonchev–Trinajstić information content (AvgIpc) is 2.99. The molecule has 0 saturated heterocycles. The number of carbonyl (C=O) groups excluding carboxylic acids is 1. The summed E-state index contributed by atoms with van der Waals surface area (Å²) in [6, 6.07) is 5.62. The molecule has 0 amide bonds. The minimum Gasteiger partial charge on any atom is -0.478 e. The van der Waals surface area contributed by atoms with Crippen LogP contribution in [0.15, 0.2) is 46.9 Å². The predicted octanol–water partition coefficient (Wildman–Crippen LogP) is 2.95. The monoisotopic (exact) mass is 369 g/mol. The van der Waals surface area contributed by atoms with Crippen molar-refractivity contribution >= 4 is 17.5 Å². The fraction of sp³-hybridized carbons (Fsp3) is 0.350. The number of hydrogen-bond donors (Lipinski definition) is 2. The number of carboxylic acids is 1. The number of methoxy groups -OCH3 is 1. The van der Waals surface area contributed by atoms with E-state index in [4.69, 9.17) is 4.74 Å². The topological polar surface area (TPSA) is 92.9 Å². The molecule has 2 aromatic rings. The van der Waals surface area contributed by atoms with Crippen molar-refractivity contribution in [3.8, 4) is 0 Å². The second kappa shape index (κ2) is 6.90. The Balaban J connectivity index is 2.41. The van der Waals surface area contributed by atoms with Gasteiger partial charge in [-0.15, -0.1) is 0 Å². The number of rotatable bonds is 4. The number of pyridine rings is 1. The zero-order chi connectivity index (χ0) is 19.9. The number of nitrogens with one attached hydrogen (secondary N) is 1. The SMILES string of the molecule is COC(=O)C1=C(C)NC(C)=C(C(=O)O)C1c1c(C(C)C)nn2ccccc12. The molecule has 1 unspecified atom stereocenters. The Hall–Kier alpha value is -3.09. The third-order valence-corrected chi connectivity index (χ3v) is 4.84. The van der Waals surface area contributed by atoms with Gasteiger partial charge in [0.1, 0.15) is 0 Å². The summed E-state index contributed by atoms with van der Waals surface area (Å²) in [6.45, 7) is 7.45. The van der Waals surface area contributed by atoms with Crippen molar-refractivity contribution in [2.45, 2.75) is 39.5 Å². The van der Waals surface area contributed by atoms with E-state index in [1.54, 1.807) is 18.4 Å². The van der Waals surface area contributed by atoms with Crippen LogP contribution in [0.25, 0.3) is 5.52 Å². The lowest BCUT2D eigenvalue weighted by Crippen LogP contribution is -2.32. The van der Waals surface area contributed by atoms with Crippen LogP contribution in [0.4, 0.5) is 0 Å². The Labute approximate surface area is 157 Å². The molecule has 7 nitrogen and oxygen atoms in total. The van der Waals surface area contributed by atoms with Crippen molar-refractivity contribution in [1.29, 1.82) is 0 Å². The van der Waals surface area contributed by atoms with E-state index in [0.717, 1.165) is 16.8 Å². The van der Waals surface area contributed by atoms with Crippen LogP contribution in [-0.4, -0.2) is 33.8 Å². The van der Waals surface area contributed by atoms with Crippen LogP contribution in [0.3, 0.4) is 0 Å². The number of allylic oxidation sites excluding steroid dienone is 2. The van der Waals surface area contributed by atoms with Gasteiger partial charge >= 0.3 is 11.9 Å². The number of carbonyl (C=O) groups is 2. The van der Waals surface area contributed by atoms with Gasteiger partial charge in [-0.05, 0) is 31.9 Å². The largest absolute Gasteiger partial charge is 0.478 e. The van der Waals surface area contributed by atoms with E-state index < -0.39 is 17.9 Å². The first-order valence-corrected chi connectivity index (χ1v) is 8.75. The third kappa shape index (κ3) is 2.99. The zero-order valence-corrected chi connectivity index (χ0v) is 16.0. The normalized spacial score (nSPS) is 17.5. The van der Waals surface area contributed by atoms with Gasteiger partial charge < -0.3 is 15.2 Å². The minimum atomic E-state index is -1.08. The van der Waals surface area contributed by atoms with Crippen molar-refractivity contribution < 1.29 is 19.4 Å². The molecule has 0 saturated carbocycles. The molecular formula is C20H23N3O4. The van der Waals surface area contributed by atoms with E-state index in [1.165, 1.54) is 7.11 Å². The number of aliphatic carboxylic acids is 1. The van der Waals surface area contributed by atoms with Crippen LogP contribution < -0.4 is 5.32 Å². The van der Waals surface area contributed by atoms with Gasteiger partial charge in [0.2, 0.25) is 0 Å². The number of ether oxygens (including phenoxy) is 1. The number of dihydropyridines is 1. The van der Waals surface area contributed by atoms with Crippen LogP contribution in [0, 0.1) is 0 Å². The second-order valence-corrected chi connectivity index (χ2v) is 6.92. The van der Waals surface area contributed by atoms with E-state index in [-0.39, 0.29) is 11.5 Å². The number of fused-ring (bicyclic) bond motifs is 1. The van der Waals surface area contributed by atoms with E-state index in [9.17, 15) is 14.7 Å². The molecule has 7 heteroatoms. The molecule has 2 aromatic heterocycles. The highest BCUT2D eigenvalue weighted by Gasteiger charge is 2.40. The van der Waals surface area contributed by atoms with Crippen molar-refractivity contribution in [3.05, 3.63) is 58.2 Å². The summed E-state index contributed by atoms with van der Waals surface area (Å²) >= 11 is 0. The first-order valence-electron chi connectivity index (χ1n) is 8.75. The maximum atomic E-state index is 12.6. The van der Waals surface area contributed by atoms with Crippen LogP contribution >= 0.6 is 0 Å². The van der Waals surface area contributed by atoms with E-state index in [1.807, 2.05) is 38.2 Å². The van der Waals surface area contributed by atoms with Crippen molar-refractivity contribution in [2.24, 2.45) is 0 Å². The molecule has 142 valence electrons. The quantitative estimate of drug-likeness (QED) is 0.805. The molecule has 0 spiro atoms. The van der Waals surface area contributed by atoms with E-state index >= 15 is 0 Å². The van der Waals surface area contributed by atoms with E-state index in [0.29, 0.717) is 17.0 Å². The summed E-state index contributed by atoms with van der Waals surface area (Å²) < 4.78 is 6.71. The molecule has 3 heterocycles. The second-order valence-electron chi connectivity index (χ2n) is 6.92. The average molecular weight is 369 g/mol. The standard InChI is InChI=1S/C20H23N3O4/c1-10(2)18-16(13-8-6-7-9-23(13)22-18)17-14(19(24)25)11(3)21-12(4)15(17)20(26)27-5/h6-10,17,21H,1-5H3,(H,24,25). The zero-order valence-electron chi connectivity index (χ0n) is 16.0. The van der Waals surface area contributed by atoms with Crippen molar-refractivity contribution in [3.63, 3.8) is 0 Å². The fourth-order valence-electron chi connectivity index (χ4n) is 3.71. The van der Waals surface area contributed by atoms with Crippen molar-refractivity contribution in [2.75, 3.05) is 7.11 Å². The molecule has 27 heavy (non-hydrogen) atoms. The Morgan fingerprint density at radius 1 is 1.22 bits per heavy atom. The third-order valence-electron chi connectivity index (χ3n) is 4.84. The number of esters is 1. The Kier molecular flexibility index (Phi) is 4.78. The summed E-state index contributed by atoms with van der Waals surface area (Å²) in [5.41, 5.74) is 3.76. The molecule has 2 N–H and O–H groups in total. The molecule has 3 rings (SSSR count). The van der Waals surface area contributed by atoms with E-state index in [2.05, 4.69) is 10.4 Å². The highest BCUT2D eigenvalue weighted by Crippen LogP contribution is 2.43. The summed E-state index contributed by atoms with van der Waals surface area (Å²) in [6.07, 6.45) is 1.82. The molecule has 0 bridgehead atoms. The first-order chi connectivity index (χ1) is 12.8. The van der Waals surface area contributed by atoms with Crippen molar-refractivity contribution in [1.82, 2.24) is 14.9 Å². The lowest BCUT2D eigenvalue weighted by molar-refractivity contribution is -0.136. The summed E-state index contributed by atoms with van der Waals surface area (Å²) in [7, 11) is 1.30. The Bertz CT molecular complexity index is 998. The smallest absolute Gasteiger partial charge is 0.336 e. The van der Waals surface area contributed by atoms with Crippen LogP contribution in [0.2, 0.25) is 0 Å². The van der Waals surface area contributed by atoms with Gasteiger partial charge in [-0.1, -0.05) is 19.9 Å². The fourth-order valence-corrected chi connectivity index (χ4v) is 3.71. The van der Waals surface area contributed by atoms with Gasteiger partial charge in [-0.2, -0.15) is 5.10 Å². The molecule has 0 fully saturated rings. The molecule has 0 aliphatic carbocycles. The maximum absolute atomic E-state index is 12.6. The summed E-state index contributed by atoms with van der Waals surface area (Å²) in [5.74, 6) is -2.36. The van der Waals surface area contributed by atoms with Gasteiger partial charge in [-0.25, -0.2) is 14.1 Å². The van der Waals surface area contributed by atoms with Crippen LogP contribution in [0.1, 0.15) is 50.8 Å². The van der Waals surface area contributed by atoms with Gasteiger partial charge in [0.25, 0.3) is 0 Å². The maximum Gasteiger partial charge on any atom is 0.336 e. The molecular weight excluding hydrogens is 346 g/mol. The first kappa shape index (κ1) is 18.7. The number of hydrogen-bond acceptors (Lipinski definition) is 5. The lowest BCUT2D eigenvalue weighted by Gasteiger charge is -2.29. The molecule has 0 aromatic carbocycles. The predicted molar refractivity (Wildman–Crippen MR) is 100 cm³/mol. The number of carboxylic acid groups (broad SMARTS) is 1. The number of nitrogens with zero attached hydrogens (tertiary/aromatic N) is 2. The van der Waals surface area contributed by atoms with Gasteiger partial charge in [0.05, 0.1) is 35.4 Å². The number of aromatic nitrogens is 2. The van der Waals surface area contributed by atoms with Gasteiger partial charge in [0, 0.05) is 23.2 Å².